The Morgan fingerprint density at radius 1 is 1.13 bits per heavy atom. The van der Waals surface area contributed by atoms with Gasteiger partial charge in [-0.3, -0.25) is 4.79 Å². The van der Waals surface area contributed by atoms with Crippen LogP contribution in [0.25, 0.3) is 0 Å². The van der Waals surface area contributed by atoms with Crippen LogP contribution in [0.5, 0.6) is 0 Å². The van der Waals surface area contributed by atoms with Gasteiger partial charge in [0.15, 0.2) is 0 Å². The van der Waals surface area contributed by atoms with Crippen molar-refractivity contribution in [3.05, 3.63) is 11.6 Å². The lowest BCUT2D eigenvalue weighted by Gasteiger charge is -2.57. The first kappa shape index (κ1) is 15.9. The molecule has 1 N–H and O–H groups in total. The highest BCUT2D eigenvalue weighted by Crippen LogP contribution is 2.66. The van der Waals surface area contributed by atoms with E-state index in [1.54, 1.807) is 5.57 Å². The topological polar surface area (TPSA) is 37.3 Å². The Balaban J connectivity index is 1.66. The number of carbonyl (C=O) groups is 1. The van der Waals surface area contributed by atoms with E-state index < -0.39 is 0 Å². The number of hydrogen-bond acceptors (Lipinski definition) is 2. The number of Topliss-reactive ketones (excluding diaryl/α,β-unsaturated/α-hetero) is 1. The molecule has 0 bridgehead atoms. The summed E-state index contributed by atoms with van der Waals surface area (Å²) >= 11 is 0. The van der Waals surface area contributed by atoms with Gasteiger partial charge in [-0.05, 0) is 86.9 Å². The van der Waals surface area contributed by atoms with Crippen molar-refractivity contribution in [2.45, 2.75) is 78.2 Å². The highest BCUT2D eigenvalue weighted by atomic mass is 16.3. The molecule has 7 atom stereocenters. The van der Waals surface area contributed by atoms with Gasteiger partial charge in [-0.1, -0.05) is 25.5 Å². The number of fused-ring (bicyclic) bond motifs is 5. The summed E-state index contributed by atoms with van der Waals surface area (Å²) in [5.74, 6) is 3.00. The normalized spacial score (nSPS) is 52.2. The zero-order valence-electron chi connectivity index (χ0n) is 15.0. The Labute approximate surface area is 140 Å². The minimum atomic E-state index is -0.117. The van der Waals surface area contributed by atoms with E-state index in [0.717, 1.165) is 43.4 Å². The molecule has 0 aromatic carbocycles. The summed E-state index contributed by atoms with van der Waals surface area (Å²) in [6.07, 6.45) is 11.5. The fourth-order valence-corrected chi connectivity index (χ4v) is 7.31. The van der Waals surface area contributed by atoms with E-state index >= 15 is 0 Å². The molecule has 0 heterocycles. The van der Waals surface area contributed by atoms with Crippen molar-refractivity contribution < 1.29 is 9.90 Å². The summed E-state index contributed by atoms with van der Waals surface area (Å²) in [6, 6.07) is 0. The monoisotopic (exact) mass is 316 g/mol. The van der Waals surface area contributed by atoms with E-state index in [4.69, 9.17) is 0 Å². The number of carbonyl (C=O) groups excluding carboxylic acids is 1. The van der Waals surface area contributed by atoms with E-state index in [1.165, 1.54) is 25.7 Å². The number of hydrogen-bond donors (Lipinski definition) is 1. The van der Waals surface area contributed by atoms with Crippen molar-refractivity contribution in [1.82, 2.24) is 0 Å². The van der Waals surface area contributed by atoms with Crippen molar-refractivity contribution in [1.29, 1.82) is 0 Å². The Morgan fingerprint density at radius 2 is 1.91 bits per heavy atom. The highest BCUT2D eigenvalue weighted by molar-refractivity contribution is 5.79. The van der Waals surface area contributed by atoms with Gasteiger partial charge < -0.3 is 5.11 Å². The second-order valence-corrected chi connectivity index (χ2v) is 9.44. The molecule has 1 unspecified atom stereocenters. The fraction of sp³-hybridized carbons (Fsp3) is 0.857. The van der Waals surface area contributed by atoms with E-state index in [2.05, 4.69) is 19.9 Å². The van der Waals surface area contributed by atoms with Crippen LogP contribution in [-0.4, -0.2) is 17.0 Å². The number of rotatable bonds is 1. The average Bonchev–Trinajstić information content (AvgIpc) is 2.85. The standard InChI is InChI=1S/C21H32O2/c1-13(22)17-6-7-18-16-5-4-14-12-15(23)8-10-20(14,2)19(16)9-11-21(17,18)3/h4,15-19,23H,5-12H2,1-3H3/t15-,16-,17+,18?,19-,20-,21+/m0/s1. The lowest BCUT2D eigenvalue weighted by atomic mass is 9.47. The molecule has 0 aromatic heterocycles. The fourth-order valence-electron chi connectivity index (χ4n) is 7.31. The molecule has 3 saturated carbocycles. The maximum atomic E-state index is 12.2. The SMILES string of the molecule is CC(=O)[C@H]1CCC2[C@@H]3CC=C4C[C@@H](O)CC[C@]4(C)[C@H]3CC[C@@]21C. The molecule has 0 spiro atoms. The maximum absolute atomic E-state index is 12.2. The van der Waals surface area contributed by atoms with Crippen LogP contribution >= 0.6 is 0 Å². The van der Waals surface area contributed by atoms with Crippen LogP contribution in [0.15, 0.2) is 11.6 Å². The summed E-state index contributed by atoms with van der Waals surface area (Å²) < 4.78 is 0. The first-order chi connectivity index (χ1) is 10.9. The van der Waals surface area contributed by atoms with Crippen LogP contribution in [-0.2, 0) is 4.79 Å². The molecule has 3 fully saturated rings. The molecule has 4 aliphatic rings. The van der Waals surface area contributed by atoms with Gasteiger partial charge in [0, 0.05) is 5.92 Å². The zero-order valence-corrected chi connectivity index (χ0v) is 15.0. The minimum absolute atomic E-state index is 0.117. The third-order valence-electron chi connectivity index (χ3n) is 8.57. The zero-order chi connectivity index (χ0) is 16.4. The van der Waals surface area contributed by atoms with Crippen LogP contribution in [0.3, 0.4) is 0 Å². The number of aliphatic hydroxyl groups is 1. The molecular weight excluding hydrogens is 284 g/mol. The van der Waals surface area contributed by atoms with Crippen LogP contribution in [0.2, 0.25) is 0 Å². The number of ketones is 1. The molecule has 0 amide bonds. The van der Waals surface area contributed by atoms with Crippen LogP contribution in [0.1, 0.15) is 72.1 Å². The number of allylic oxidation sites excluding steroid dienone is 1. The third-order valence-corrected chi connectivity index (χ3v) is 8.57. The van der Waals surface area contributed by atoms with Gasteiger partial charge in [0.25, 0.3) is 0 Å². The summed E-state index contributed by atoms with van der Waals surface area (Å²) in [7, 11) is 0. The summed E-state index contributed by atoms with van der Waals surface area (Å²) in [4.78, 5) is 12.2. The molecule has 2 nitrogen and oxygen atoms in total. The first-order valence-corrected chi connectivity index (χ1v) is 9.74. The van der Waals surface area contributed by atoms with Crippen molar-refractivity contribution >= 4 is 5.78 Å². The van der Waals surface area contributed by atoms with Crippen molar-refractivity contribution in [2.75, 3.05) is 0 Å². The predicted molar refractivity (Wildman–Crippen MR) is 91.9 cm³/mol. The second-order valence-electron chi connectivity index (χ2n) is 9.44. The van der Waals surface area contributed by atoms with Crippen molar-refractivity contribution in [3.8, 4) is 0 Å². The summed E-state index contributed by atoms with van der Waals surface area (Å²) in [6.45, 7) is 6.70. The molecule has 0 aliphatic heterocycles. The molecule has 128 valence electrons. The van der Waals surface area contributed by atoms with Crippen molar-refractivity contribution in [3.63, 3.8) is 0 Å². The van der Waals surface area contributed by atoms with Gasteiger partial charge in [0.05, 0.1) is 6.10 Å². The maximum Gasteiger partial charge on any atom is 0.133 e. The molecule has 4 aliphatic carbocycles. The number of aliphatic hydroxyl groups excluding tert-OH is 1. The van der Waals surface area contributed by atoms with Crippen LogP contribution < -0.4 is 0 Å². The molecule has 0 saturated heterocycles. The smallest absolute Gasteiger partial charge is 0.133 e. The molecular formula is C21H32O2. The van der Waals surface area contributed by atoms with E-state index in [0.29, 0.717) is 17.1 Å². The average molecular weight is 316 g/mol. The minimum Gasteiger partial charge on any atom is -0.393 e. The van der Waals surface area contributed by atoms with Gasteiger partial charge in [-0.25, -0.2) is 0 Å². The first-order valence-electron chi connectivity index (χ1n) is 9.74. The van der Waals surface area contributed by atoms with E-state index in [1.807, 2.05) is 6.92 Å². The van der Waals surface area contributed by atoms with Crippen LogP contribution in [0, 0.1) is 34.5 Å². The molecule has 0 radical (unpaired) electrons. The van der Waals surface area contributed by atoms with Gasteiger partial charge in [-0.2, -0.15) is 0 Å². The lowest BCUT2D eigenvalue weighted by molar-refractivity contribution is -0.127. The highest BCUT2D eigenvalue weighted by Gasteiger charge is 2.59. The quantitative estimate of drug-likeness (QED) is 0.722. The van der Waals surface area contributed by atoms with Gasteiger partial charge in [0.2, 0.25) is 0 Å². The Hall–Kier alpha value is -0.630. The predicted octanol–water partition coefficient (Wildman–Crippen LogP) is 4.52. The third kappa shape index (κ3) is 2.13. The Kier molecular flexibility index (Phi) is 3.58. The van der Waals surface area contributed by atoms with E-state index in [-0.39, 0.29) is 11.5 Å². The van der Waals surface area contributed by atoms with Gasteiger partial charge in [-0.15, -0.1) is 0 Å². The summed E-state index contributed by atoms with van der Waals surface area (Å²) in [5, 5.41) is 10.1. The molecule has 2 heteroatoms. The Bertz CT molecular complexity index is 550. The van der Waals surface area contributed by atoms with Gasteiger partial charge >= 0.3 is 0 Å². The molecule has 4 rings (SSSR count). The molecule has 23 heavy (non-hydrogen) atoms. The second kappa shape index (κ2) is 5.18. The Morgan fingerprint density at radius 3 is 2.65 bits per heavy atom. The van der Waals surface area contributed by atoms with E-state index in [9.17, 15) is 9.90 Å². The van der Waals surface area contributed by atoms with Crippen LogP contribution in [0.4, 0.5) is 0 Å². The molecule has 0 aromatic rings. The summed E-state index contributed by atoms with van der Waals surface area (Å²) in [5.41, 5.74) is 2.11. The lowest BCUT2D eigenvalue weighted by Crippen LogP contribution is -2.50. The van der Waals surface area contributed by atoms with Gasteiger partial charge in [0.1, 0.15) is 5.78 Å². The largest absolute Gasteiger partial charge is 0.393 e. The van der Waals surface area contributed by atoms with Crippen molar-refractivity contribution in [2.24, 2.45) is 34.5 Å².